The van der Waals surface area contributed by atoms with Crippen LogP contribution in [-0.4, -0.2) is 33.7 Å². The smallest absolute Gasteiger partial charge is 0.253 e. The second kappa shape index (κ2) is 7.97. The van der Waals surface area contributed by atoms with Crippen LogP contribution < -0.4 is 4.74 Å². The fraction of sp³-hybridized carbons (Fsp3) is 0.467. The van der Waals surface area contributed by atoms with Crippen molar-refractivity contribution in [2.24, 2.45) is 7.05 Å². The van der Waals surface area contributed by atoms with Gasteiger partial charge in [0.2, 0.25) is 0 Å². The minimum atomic E-state index is -0.446. The molecule has 3 aromatic rings. The molecule has 2 aliphatic heterocycles. The largest absolute Gasteiger partial charge is 0.482 e. The van der Waals surface area contributed by atoms with Crippen LogP contribution in [0.2, 0.25) is 0 Å². The molecule has 0 radical (unpaired) electrons. The second-order valence-corrected chi connectivity index (χ2v) is 12.2. The molecule has 0 unspecified atom stereocenters. The molecule has 0 N–H and O–H groups in total. The summed E-state index contributed by atoms with van der Waals surface area (Å²) in [6.45, 7) is 14.5. The van der Waals surface area contributed by atoms with Gasteiger partial charge in [0.15, 0.2) is 0 Å². The highest BCUT2D eigenvalue weighted by atomic mass is 16.5. The van der Waals surface area contributed by atoms with E-state index < -0.39 is 5.60 Å². The van der Waals surface area contributed by atoms with Crippen molar-refractivity contribution in [3.05, 3.63) is 70.9 Å². The van der Waals surface area contributed by atoms with Crippen molar-refractivity contribution in [2.45, 2.75) is 70.8 Å². The maximum Gasteiger partial charge on any atom is 0.253 e. The van der Waals surface area contributed by atoms with Crippen LogP contribution in [0.15, 0.2) is 48.7 Å². The van der Waals surface area contributed by atoms with Gasteiger partial charge >= 0.3 is 0 Å². The predicted molar refractivity (Wildman–Crippen MR) is 140 cm³/mol. The topological polar surface area (TPSA) is 47.4 Å². The number of likely N-dealkylation sites (tertiary alicyclic amines) is 1. The summed E-state index contributed by atoms with van der Waals surface area (Å²) in [5.74, 6) is 1.01. The Hall–Kier alpha value is -3.08. The minimum Gasteiger partial charge on any atom is -0.482 e. The van der Waals surface area contributed by atoms with Crippen LogP contribution in [-0.2, 0) is 23.5 Å². The van der Waals surface area contributed by atoms with Gasteiger partial charge in [0.1, 0.15) is 11.4 Å². The predicted octanol–water partition coefficient (Wildman–Crippen LogP) is 6.21. The molecule has 0 bridgehead atoms. The number of fused-ring (bicyclic) bond motifs is 4. The van der Waals surface area contributed by atoms with Gasteiger partial charge in [0.05, 0.1) is 11.9 Å². The van der Waals surface area contributed by atoms with E-state index in [0.717, 1.165) is 41.0 Å². The molecule has 2 aliphatic rings. The van der Waals surface area contributed by atoms with Gasteiger partial charge in [-0.05, 0) is 46.2 Å². The lowest BCUT2D eigenvalue weighted by atomic mass is 9.79. The number of carbonyl (C=O) groups excluding carboxylic acids is 1. The third kappa shape index (κ3) is 4.05. The van der Waals surface area contributed by atoms with Crippen LogP contribution >= 0.6 is 0 Å². The van der Waals surface area contributed by atoms with Crippen molar-refractivity contribution in [1.82, 2.24) is 14.7 Å². The van der Waals surface area contributed by atoms with Gasteiger partial charge in [-0.2, -0.15) is 5.10 Å². The third-order valence-corrected chi connectivity index (χ3v) is 7.65. The van der Waals surface area contributed by atoms with Gasteiger partial charge in [0, 0.05) is 49.7 Å². The molecule has 0 atom stereocenters. The van der Waals surface area contributed by atoms with E-state index in [1.54, 1.807) is 0 Å². The van der Waals surface area contributed by atoms with Crippen molar-refractivity contribution in [3.63, 3.8) is 0 Å². The molecule has 1 fully saturated rings. The van der Waals surface area contributed by atoms with Gasteiger partial charge in [-0.3, -0.25) is 9.48 Å². The SMILES string of the molecule is Cn1ncc2c1-c1ccccc1OC21CCN(C(=O)c2cc(C(C)(C)C)cc(C(C)(C)C)c2)CC1. The number of rotatable bonds is 1. The molecule has 1 saturated heterocycles. The fourth-order valence-corrected chi connectivity index (χ4v) is 5.35. The zero-order valence-electron chi connectivity index (χ0n) is 22.1. The van der Waals surface area contributed by atoms with E-state index in [9.17, 15) is 4.79 Å². The number of aromatic nitrogens is 2. The number of hydrogen-bond acceptors (Lipinski definition) is 3. The van der Waals surface area contributed by atoms with E-state index in [-0.39, 0.29) is 16.7 Å². The standard InChI is InChI=1S/C30H37N3O2/c1-28(2,3)21-16-20(17-22(18-21)29(4,5)6)27(34)33-14-12-30(13-15-33)24-19-31-32(7)26(24)23-10-8-9-11-25(23)35-30/h8-11,16-19H,12-15H2,1-7H3. The number of hydrogen-bond donors (Lipinski definition) is 0. The number of aryl methyl sites for hydroxylation is 1. The second-order valence-electron chi connectivity index (χ2n) is 12.2. The molecule has 1 aromatic heterocycles. The van der Waals surface area contributed by atoms with Crippen LogP contribution in [0.25, 0.3) is 11.3 Å². The highest BCUT2D eigenvalue weighted by molar-refractivity contribution is 5.95. The molecule has 0 saturated carbocycles. The molecule has 184 valence electrons. The summed E-state index contributed by atoms with van der Waals surface area (Å²) < 4.78 is 8.62. The maximum absolute atomic E-state index is 13.7. The number of para-hydroxylation sites is 1. The highest BCUT2D eigenvalue weighted by Gasteiger charge is 2.46. The lowest BCUT2D eigenvalue weighted by Crippen LogP contribution is -2.49. The fourth-order valence-electron chi connectivity index (χ4n) is 5.35. The van der Waals surface area contributed by atoms with Gasteiger partial charge in [-0.25, -0.2) is 0 Å². The van der Waals surface area contributed by atoms with Gasteiger partial charge in [0.25, 0.3) is 5.91 Å². The zero-order valence-corrected chi connectivity index (χ0v) is 22.1. The number of amides is 1. The lowest BCUT2D eigenvalue weighted by molar-refractivity contribution is -0.00173. The van der Waals surface area contributed by atoms with E-state index in [2.05, 4.69) is 70.9 Å². The van der Waals surface area contributed by atoms with Crippen molar-refractivity contribution >= 4 is 5.91 Å². The van der Waals surface area contributed by atoms with Crippen molar-refractivity contribution in [3.8, 4) is 17.0 Å². The Morgan fingerprint density at radius 3 is 2.14 bits per heavy atom. The van der Waals surface area contributed by atoms with E-state index in [1.165, 1.54) is 11.1 Å². The Kier molecular flexibility index (Phi) is 5.39. The Balaban J connectivity index is 1.43. The molecular weight excluding hydrogens is 434 g/mol. The summed E-state index contributed by atoms with van der Waals surface area (Å²) in [6.07, 6.45) is 3.44. The minimum absolute atomic E-state index is 0.0255. The van der Waals surface area contributed by atoms with E-state index in [0.29, 0.717) is 13.1 Å². The molecule has 35 heavy (non-hydrogen) atoms. The van der Waals surface area contributed by atoms with Crippen molar-refractivity contribution < 1.29 is 9.53 Å². The normalized spacial score (nSPS) is 17.1. The summed E-state index contributed by atoms with van der Waals surface area (Å²) in [5, 5.41) is 4.57. The molecule has 5 heteroatoms. The quantitative estimate of drug-likeness (QED) is 0.424. The summed E-state index contributed by atoms with van der Waals surface area (Å²) >= 11 is 0. The van der Waals surface area contributed by atoms with Crippen LogP contribution in [0.5, 0.6) is 5.75 Å². The Bertz CT molecular complexity index is 1250. The first kappa shape index (κ1) is 23.7. The summed E-state index contributed by atoms with van der Waals surface area (Å²) in [7, 11) is 1.99. The first-order chi connectivity index (χ1) is 16.4. The molecule has 1 spiro atoms. The lowest BCUT2D eigenvalue weighted by Gasteiger charge is -2.44. The summed E-state index contributed by atoms with van der Waals surface area (Å²) in [5.41, 5.74) is 6.04. The molecular formula is C30H37N3O2. The maximum atomic E-state index is 13.7. The number of nitrogens with zero attached hydrogens (tertiary/aromatic N) is 3. The first-order valence-electron chi connectivity index (χ1n) is 12.7. The van der Waals surface area contributed by atoms with E-state index in [4.69, 9.17) is 4.74 Å². The number of ether oxygens (including phenoxy) is 1. The van der Waals surface area contributed by atoms with Crippen LogP contribution in [0.3, 0.4) is 0 Å². The highest BCUT2D eigenvalue weighted by Crippen LogP contribution is 2.49. The molecule has 2 aromatic carbocycles. The van der Waals surface area contributed by atoms with Crippen LogP contribution in [0.4, 0.5) is 0 Å². The Labute approximate surface area is 209 Å². The van der Waals surface area contributed by atoms with Crippen LogP contribution in [0, 0.1) is 0 Å². The number of benzene rings is 2. The van der Waals surface area contributed by atoms with Gasteiger partial charge in [-0.15, -0.1) is 0 Å². The van der Waals surface area contributed by atoms with Crippen molar-refractivity contribution in [1.29, 1.82) is 0 Å². The van der Waals surface area contributed by atoms with E-state index >= 15 is 0 Å². The van der Waals surface area contributed by atoms with Gasteiger partial charge < -0.3 is 9.64 Å². The molecule has 5 rings (SSSR count). The molecule has 3 heterocycles. The van der Waals surface area contributed by atoms with Crippen LogP contribution in [0.1, 0.15) is 81.4 Å². The molecule has 0 aliphatic carbocycles. The number of piperidine rings is 1. The first-order valence-corrected chi connectivity index (χ1v) is 12.7. The average molecular weight is 472 g/mol. The average Bonchev–Trinajstić information content (AvgIpc) is 3.21. The third-order valence-electron chi connectivity index (χ3n) is 7.65. The number of carbonyl (C=O) groups is 1. The van der Waals surface area contributed by atoms with Gasteiger partial charge in [-0.1, -0.05) is 59.7 Å². The zero-order chi connectivity index (χ0) is 25.2. The van der Waals surface area contributed by atoms with E-state index in [1.807, 2.05) is 41.0 Å². The molecule has 5 nitrogen and oxygen atoms in total. The monoisotopic (exact) mass is 471 g/mol. The summed E-state index contributed by atoms with van der Waals surface area (Å²) in [6, 6.07) is 14.6. The molecule has 1 amide bonds. The van der Waals surface area contributed by atoms with Crippen molar-refractivity contribution in [2.75, 3.05) is 13.1 Å². The Morgan fingerprint density at radius 2 is 1.54 bits per heavy atom. The summed E-state index contributed by atoms with van der Waals surface area (Å²) in [4.78, 5) is 15.7. The Morgan fingerprint density at radius 1 is 0.943 bits per heavy atom.